The van der Waals surface area contributed by atoms with Gasteiger partial charge in [-0.25, -0.2) is 4.79 Å². The molecular weight excluding hydrogens is 404 g/mol. The summed E-state index contributed by atoms with van der Waals surface area (Å²) in [5.74, 6) is -0.298. The summed E-state index contributed by atoms with van der Waals surface area (Å²) >= 11 is 3.39. The van der Waals surface area contributed by atoms with Crippen LogP contribution in [0, 0.1) is 0 Å². The second-order valence-electron chi connectivity index (χ2n) is 5.28. The number of aromatic amines is 1. The zero-order chi connectivity index (χ0) is 17.9. The van der Waals surface area contributed by atoms with E-state index < -0.39 is 5.76 Å². The Morgan fingerprint density at radius 1 is 1.19 bits per heavy atom. The topological polar surface area (TPSA) is 112 Å². The highest BCUT2D eigenvalue weighted by Gasteiger charge is 2.12. The summed E-state index contributed by atoms with van der Waals surface area (Å²) in [5, 5.41) is 15.2. The van der Waals surface area contributed by atoms with E-state index >= 15 is 0 Å². The van der Waals surface area contributed by atoms with Crippen molar-refractivity contribution < 1.29 is 9.26 Å². The number of aromatic nitrogens is 6. The molecule has 10 heteroatoms. The summed E-state index contributed by atoms with van der Waals surface area (Å²) in [6.45, 7) is 0.323. The van der Waals surface area contributed by atoms with Crippen molar-refractivity contribution in [2.75, 3.05) is 0 Å². The molecule has 2 aromatic heterocycles. The fourth-order valence-corrected chi connectivity index (χ4v) is 2.56. The maximum Gasteiger partial charge on any atom is 0.439 e. The van der Waals surface area contributed by atoms with Gasteiger partial charge in [-0.15, -0.1) is 0 Å². The van der Waals surface area contributed by atoms with Crippen molar-refractivity contribution in [1.29, 1.82) is 0 Å². The predicted molar refractivity (Wildman–Crippen MR) is 93.7 cm³/mol. The van der Waals surface area contributed by atoms with Gasteiger partial charge in [0.05, 0.1) is 5.69 Å². The third-order valence-electron chi connectivity index (χ3n) is 3.53. The summed E-state index contributed by atoms with van der Waals surface area (Å²) < 4.78 is 12.7. The van der Waals surface area contributed by atoms with Crippen LogP contribution >= 0.6 is 15.9 Å². The molecule has 0 spiro atoms. The van der Waals surface area contributed by atoms with Gasteiger partial charge in [0.25, 0.3) is 0 Å². The van der Waals surface area contributed by atoms with Gasteiger partial charge < -0.3 is 4.74 Å². The van der Waals surface area contributed by atoms with Crippen LogP contribution in [0.25, 0.3) is 17.1 Å². The molecule has 4 rings (SSSR count). The molecule has 0 aliphatic carbocycles. The Hall–Kier alpha value is -3.27. The Morgan fingerprint density at radius 3 is 2.81 bits per heavy atom. The van der Waals surface area contributed by atoms with Crippen LogP contribution in [-0.2, 0) is 6.61 Å². The first kappa shape index (κ1) is 16.2. The minimum absolute atomic E-state index is 0.249. The zero-order valence-corrected chi connectivity index (χ0v) is 14.8. The highest BCUT2D eigenvalue weighted by molar-refractivity contribution is 9.10. The molecule has 2 heterocycles. The Labute approximate surface area is 154 Å². The molecule has 1 N–H and O–H groups in total. The lowest BCUT2D eigenvalue weighted by Gasteiger charge is -2.07. The minimum Gasteiger partial charge on any atom is -0.457 e. The molecule has 0 saturated carbocycles. The van der Waals surface area contributed by atoms with Gasteiger partial charge in [-0.3, -0.25) is 9.51 Å². The fourth-order valence-electron chi connectivity index (χ4n) is 2.30. The van der Waals surface area contributed by atoms with Gasteiger partial charge in [0.1, 0.15) is 6.61 Å². The van der Waals surface area contributed by atoms with E-state index in [4.69, 9.17) is 4.74 Å². The molecule has 0 aliphatic heterocycles. The molecule has 0 unspecified atom stereocenters. The fraction of sp³-hybridized carbons (Fsp3) is 0.0625. The summed E-state index contributed by atoms with van der Waals surface area (Å²) in [4.78, 5) is 13.6. The van der Waals surface area contributed by atoms with Crippen molar-refractivity contribution in [2.45, 2.75) is 6.61 Å². The number of halogens is 1. The Bertz CT molecular complexity index is 1090. The van der Waals surface area contributed by atoms with E-state index in [1.165, 1.54) is 4.68 Å². The second kappa shape index (κ2) is 6.92. The van der Waals surface area contributed by atoms with E-state index in [1.807, 2.05) is 30.3 Å². The van der Waals surface area contributed by atoms with Crippen LogP contribution < -0.4 is 10.5 Å². The molecule has 0 radical (unpaired) electrons. The minimum atomic E-state index is -0.619. The van der Waals surface area contributed by atoms with Crippen molar-refractivity contribution >= 4 is 15.9 Å². The molecule has 26 heavy (non-hydrogen) atoms. The third-order valence-corrected chi connectivity index (χ3v) is 4.06. The van der Waals surface area contributed by atoms with Crippen LogP contribution in [0.1, 0.15) is 5.56 Å². The summed E-state index contributed by atoms with van der Waals surface area (Å²) in [5.41, 5.74) is 2.29. The van der Waals surface area contributed by atoms with E-state index in [2.05, 4.69) is 46.1 Å². The highest BCUT2D eigenvalue weighted by atomic mass is 79.9. The average molecular weight is 415 g/mol. The van der Waals surface area contributed by atoms with Gasteiger partial charge in [-0.05, 0) is 40.3 Å². The molecule has 2 aromatic carbocycles. The maximum atomic E-state index is 11.1. The van der Waals surface area contributed by atoms with E-state index in [0.29, 0.717) is 23.7 Å². The van der Waals surface area contributed by atoms with Gasteiger partial charge in [-0.1, -0.05) is 50.5 Å². The van der Waals surface area contributed by atoms with Crippen molar-refractivity contribution in [3.63, 3.8) is 0 Å². The van der Waals surface area contributed by atoms with Crippen molar-refractivity contribution in [2.24, 2.45) is 0 Å². The van der Waals surface area contributed by atoms with Crippen LogP contribution in [0.2, 0.25) is 0 Å². The monoisotopic (exact) mass is 414 g/mol. The summed E-state index contributed by atoms with van der Waals surface area (Å²) in [6.07, 6.45) is 0. The SMILES string of the molecule is O=c1[nH]c(-c2cccc(-n3nnnc3OCc3ccc(Br)cc3)c2)no1. The van der Waals surface area contributed by atoms with E-state index in [0.717, 1.165) is 10.0 Å². The number of tetrazole rings is 1. The standard InChI is InChI=1S/C16H11BrN6O3/c17-12-6-4-10(5-7-12)9-25-15-19-21-22-23(15)13-3-1-2-11(8-13)14-18-16(24)26-20-14/h1-8H,9H2,(H,18,20,24). The van der Waals surface area contributed by atoms with Gasteiger partial charge >= 0.3 is 11.8 Å². The predicted octanol–water partition coefficient (Wildman–Crippen LogP) is 2.35. The molecule has 4 aromatic rings. The molecule has 0 bridgehead atoms. The van der Waals surface area contributed by atoms with Gasteiger partial charge in [0.15, 0.2) is 5.82 Å². The van der Waals surface area contributed by atoms with Crippen molar-refractivity contribution in [3.8, 4) is 23.1 Å². The molecule has 0 saturated heterocycles. The van der Waals surface area contributed by atoms with Crippen molar-refractivity contribution in [1.82, 2.24) is 30.3 Å². The number of ether oxygens (including phenoxy) is 1. The number of benzene rings is 2. The normalized spacial score (nSPS) is 10.8. The zero-order valence-electron chi connectivity index (χ0n) is 13.2. The van der Waals surface area contributed by atoms with Gasteiger partial charge in [0.2, 0.25) is 0 Å². The van der Waals surface area contributed by atoms with Gasteiger partial charge in [0, 0.05) is 10.0 Å². The third kappa shape index (κ3) is 3.40. The number of nitrogens with zero attached hydrogens (tertiary/aromatic N) is 5. The lowest BCUT2D eigenvalue weighted by atomic mass is 10.2. The Balaban J connectivity index is 1.58. The summed E-state index contributed by atoms with van der Waals surface area (Å²) in [7, 11) is 0. The summed E-state index contributed by atoms with van der Waals surface area (Å²) in [6, 6.07) is 15.1. The van der Waals surface area contributed by atoms with Gasteiger partial charge in [-0.2, -0.15) is 4.68 Å². The molecule has 0 amide bonds. The van der Waals surface area contributed by atoms with Crippen LogP contribution in [0.15, 0.2) is 62.3 Å². The smallest absolute Gasteiger partial charge is 0.439 e. The van der Waals surface area contributed by atoms with Crippen LogP contribution in [-0.4, -0.2) is 30.3 Å². The number of rotatable bonds is 5. The molecule has 0 atom stereocenters. The van der Waals surface area contributed by atoms with Crippen molar-refractivity contribution in [3.05, 3.63) is 69.1 Å². The van der Waals surface area contributed by atoms with Crippen LogP contribution in [0.3, 0.4) is 0 Å². The first-order valence-electron chi connectivity index (χ1n) is 7.51. The lowest BCUT2D eigenvalue weighted by molar-refractivity contribution is 0.273. The largest absolute Gasteiger partial charge is 0.457 e. The number of hydrogen-bond donors (Lipinski definition) is 1. The number of hydrogen-bond acceptors (Lipinski definition) is 7. The molecule has 9 nitrogen and oxygen atoms in total. The molecule has 130 valence electrons. The average Bonchev–Trinajstić information content (AvgIpc) is 3.30. The molecular formula is C16H11BrN6O3. The quantitative estimate of drug-likeness (QED) is 0.533. The highest BCUT2D eigenvalue weighted by Crippen LogP contribution is 2.20. The van der Waals surface area contributed by atoms with Crippen LogP contribution in [0.4, 0.5) is 0 Å². The number of nitrogens with one attached hydrogen (secondary N) is 1. The van der Waals surface area contributed by atoms with E-state index in [-0.39, 0.29) is 6.01 Å². The van der Waals surface area contributed by atoms with Crippen LogP contribution in [0.5, 0.6) is 6.01 Å². The second-order valence-corrected chi connectivity index (χ2v) is 6.20. The van der Waals surface area contributed by atoms with E-state index in [9.17, 15) is 4.79 Å². The maximum absolute atomic E-state index is 11.1. The first-order chi connectivity index (χ1) is 12.7. The van der Waals surface area contributed by atoms with E-state index in [1.54, 1.807) is 18.2 Å². The molecule has 0 aliphatic rings. The lowest BCUT2D eigenvalue weighted by Crippen LogP contribution is -2.04. The Kier molecular flexibility index (Phi) is 4.32. The Morgan fingerprint density at radius 2 is 2.04 bits per heavy atom. The first-order valence-corrected chi connectivity index (χ1v) is 8.31. The molecule has 0 fully saturated rings. The number of H-pyrrole nitrogens is 1.